The van der Waals surface area contributed by atoms with Crippen LogP contribution in [0.2, 0.25) is 0 Å². The van der Waals surface area contributed by atoms with Crippen LogP contribution in [0.15, 0.2) is 18.2 Å². The third-order valence-corrected chi connectivity index (χ3v) is 1.90. The highest BCUT2D eigenvalue weighted by Crippen LogP contribution is 2.25. The van der Waals surface area contributed by atoms with Gasteiger partial charge in [-0.15, -0.1) is 0 Å². The van der Waals surface area contributed by atoms with Gasteiger partial charge in [-0.2, -0.15) is 0 Å². The van der Waals surface area contributed by atoms with E-state index in [1.54, 1.807) is 14.0 Å². The lowest BCUT2D eigenvalue weighted by Crippen LogP contribution is -2.13. The van der Waals surface area contributed by atoms with Gasteiger partial charge in [-0.3, -0.25) is 0 Å². The largest absolute Gasteiger partial charge is 0.508 e. The summed E-state index contributed by atoms with van der Waals surface area (Å²) < 4.78 is 13.1. The molecule has 1 aromatic rings. The van der Waals surface area contributed by atoms with Crippen LogP contribution in [0.4, 0.5) is 4.39 Å². The molecule has 0 unspecified atom stereocenters. The van der Waals surface area contributed by atoms with Crippen molar-refractivity contribution in [1.82, 2.24) is 5.32 Å². The van der Waals surface area contributed by atoms with Crippen LogP contribution >= 0.6 is 0 Å². The Hall–Kier alpha value is -1.09. The van der Waals surface area contributed by atoms with Crippen molar-refractivity contribution in [2.75, 3.05) is 7.05 Å². The summed E-state index contributed by atoms with van der Waals surface area (Å²) in [5.41, 5.74) is 0.319. The summed E-state index contributed by atoms with van der Waals surface area (Å²) in [4.78, 5) is 0. The highest BCUT2D eigenvalue weighted by atomic mass is 19.1. The Kier molecular flexibility index (Phi) is 2.65. The first-order valence-electron chi connectivity index (χ1n) is 3.81. The van der Waals surface area contributed by atoms with E-state index in [2.05, 4.69) is 5.32 Å². The molecule has 12 heavy (non-hydrogen) atoms. The lowest BCUT2D eigenvalue weighted by Gasteiger charge is -2.12. The average molecular weight is 169 g/mol. The second kappa shape index (κ2) is 3.54. The van der Waals surface area contributed by atoms with E-state index in [4.69, 9.17) is 0 Å². The third kappa shape index (κ3) is 1.56. The zero-order valence-electron chi connectivity index (χ0n) is 7.13. The van der Waals surface area contributed by atoms with Gasteiger partial charge in [0.1, 0.15) is 11.6 Å². The molecule has 0 heterocycles. The standard InChI is InChI=1S/C9H12FNO/c1-6(11-2)9-7(10)4-3-5-8(9)12/h3-6,11-12H,1-2H3/t6-/m0/s1. The van der Waals surface area contributed by atoms with Crippen molar-refractivity contribution in [1.29, 1.82) is 0 Å². The van der Waals surface area contributed by atoms with Crippen LogP contribution in [-0.2, 0) is 0 Å². The van der Waals surface area contributed by atoms with Crippen LogP contribution in [0.3, 0.4) is 0 Å². The first kappa shape index (κ1) is 9.00. The zero-order valence-corrected chi connectivity index (χ0v) is 7.13. The maximum absolute atomic E-state index is 13.1. The molecule has 0 saturated heterocycles. The van der Waals surface area contributed by atoms with Crippen molar-refractivity contribution < 1.29 is 9.50 Å². The first-order chi connectivity index (χ1) is 5.66. The molecule has 0 aliphatic heterocycles. The van der Waals surface area contributed by atoms with Crippen molar-refractivity contribution in [3.8, 4) is 5.75 Å². The molecule has 1 aromatic carbocycles. The Morgan fingerprint density at radius 2 is 2.17 bits per heavy atom. The molecule has 66 valence electrons. The third-order valence-electron chi connectivity index (χ3n) is 1.90. The molecule has 0 aliphatic carbocycles. The smallest absolute Gasteiger partial charge is 0.131 e. The minimum Gasteiger partial charge on any atom is -0.508 e. The van der Waals surface area contributed by atoms with Gasteiger partial charge in [-0.1, -0.05) is 6.07 Å². The molecule has 3 heteroatoms. The SMILES string of the molecule is CN[C@@H](C)c1c(O)cccc1F. The molecule has 0 bridgehead atoms. The van der Waals surface area contributed by atoms with Gasteiger partial charge in [0.15, 0.2) is 0 Å². The Labute approximate surface area is 71.0 Å². The fourth-order valence-corrected chi connectivity index (χ4v) is 1.10. The van der Waals surface area contributed by atoms with E-state index in [9.17, 15) is 9.50 Å². The molecular weight excluding hydrogens is 157 g/mol. The summed E-state index contributed by atoms with van der Waals surface area (Å²) in [7, 11) is 1.72. The molecule has 2 N–H and O–H groups in total. The summed E-state index contributed by atoms with van der Waals surface area (Å²) in [6.07, 6.45) is 0. The van der Waals surface area contributed by atoms with Crippen LogP contribution in [0, 0.1) is 5.82 Å². The zero-order chi connectivity index (χ0) is 9.14. The fourth-order valence-electron chi connectivity index (χ4n) is 1.10. The van der Waals surface area contributed by atoms with Crippen molar-refractivity contribution in [2.45, 2.75) is 13.0 Å². The van der Waals surface area contributed by atoms with Crippen LogP contribution in [0.25, 0.3) is 0 Å². The van der Waals surface area contributed by atoms with Gasteiger partial charge in [-0.25, -0.2) is 4.39 Å². The first-order valence-corrected chi connectivity index (χ1v) is 3.81. The van der Waals surface area contributed by atoms with E-state index >= 15 is 0 Å². The van der Waals surface area contributed by atoms with Crippen molar-refractivity contribution in [3.05, 3.63) is 29.6 Å². The quantitative estimate of drug-likeness (QED) is 0.707. The van der Waals surface area contributed by atoms with E-state index in [1.807, 2.05) is 0 Å². The van der Waals surface area contributed by atoms with Gasteiger partial charge in [0.25, 0.3) is 0 Å². The number of benzene rings is 1. The molecule has 0 aliphatic rings. The van der Waals surface area contributed by atoms with Crippen LogP contribution in [0.5, 0.6) is 5.75 Å². The second-order valence-corrected chi connectivity index (χ2v) is 2.68. The maximum atomic E-state index is 13.1. The molecule has 1 atom stereocenters. The molecule has 0 fully saturated rings. The minimum atomic E-state index is -0.378. The van der Waals surface area contributed by atoms with E-state index < -0.39 is 0 Å². The van der Waals surface area contributed by atoms with Gasteiger partial charge in [0, 0.05) is 11.6 Å². The number of nitrogens with one attached hydrogen (secondary N) is 1. The van der Waals surface area contributed by atoms with Gasteiger partial charge in [0.2, 0.25) is 0 Å². The van der Waals surface area contributed by atoms with Crippen molar-refractivity contribution in [2.24, 2.45) is 0 Å². The Morgan fingerprint density at radius 1 is 1.50 bits per heavy atom. The molecule has 1 rings (SSSR count). The van der Waals surface area contributed by atoms with Crippen molar-refractivity contribution in [3.63, 3.8) is 0 Å². The van der Waals surface area contributed by atoms with E-state index in [1.165, 1.54) is 18.2 Å². The second-order valence-electron chi connectivity index (χ2n) is 2.68. The molecule has 0 spiro atoms. The van der Waals surface area contributed by atoms with Gasteiger partial charge in [-0.05, 0) is 26.1 Å². The normalized spacial score (nSPS) is 12.9. The highest BCUT2D eigenvalue weighted by Gasteiger charge is 2.12. The number of aromatic hydroxyl groups is 1. The lowest BCUT2D eigenvalue weighted by molar-refractivity contribution is 0.444. The predicted octanol–water partition coefficient (Wildman–Crippen LogP) is 1.81. The number of hydrogen-bond acceptors (Lipinski definition) is 2. The Balaban J connectivity index is 3.12. The Morgan fingerprint density at radius 3 is 2.67 bits per heavy atom. The van der Waals surface area contributed by atoms with Crippen LogP contribution in [-0.4, -0.2) is 12.2 Å². The molecule has 2 nitrogen and oxygen atoms in total. The van der Waals surface area contributed by atoms with Gasteiger partial charge < -0.3 is 10.4 Å². The fraction of sp³-hybridized carbons (Fsp3) is 0.333. The molecule has 0 aromatic heterocycles. The van der Waals surface area contributed by atoms with Gasteiger partial charge in [0.05, 0.1) is 0 Å². The van der Waals surface area contributed by atoms with Crippen LogP contribution in [0.1, 0.15) is 18.5 Å². The number of hydrogen-bond donors (Lipinski definition) is 2. The monoisotopic (exact) mass is 169 g/mol. The Bertz CT molecular complexity index is 255. The van der Waals surface area contributed by atoms with Gasteiger partial charge >= 0.3 is 0 Å². The van der Waals surface area contributed by atoms with Crippen molar-refractivity contribution >= 4 is 0 Å². The summed E-state index contributed by atoms with van der Waals surface area (Å²) >= 11 is 0. The predicted molar refractivity (Wildman–Crippen MR) is 45.5 cm³/mol. The van der Waals surface area contributed by atoms with E-state index in [-0.39, 0.29) is 17.6 Å². The minimum absolute atomic E-state index is 0.00292. The average Bonchev–Trinajstić information content (AvgIpc) is 2.03. The summed E-state index contributed by atoms with van der Waals surface area (Å²) in [6.45, 7) is 1.79. The molecule has 0 amide bonds. The number of rotatable bonds is 2. The molecule has 0 radical (unpaired) electrons. The number of phenols is 1. The summed E-state index contributed by atoms with van der Waals surface area (Å²) in [6, 6.07) is 4.12. The number of phenolic OH excluding ortho intramolecular Hbond substituents is 1. The van der Waals surface area contributed by atoms with E-state index in [0.29, 0.717) is 5.56 Å². The van der Waals surface area contributed by atoms with Crippen LogP contribution < -0.4 is 5.32 Å². The summed E-state index contributed by atoms with van der Waals surface area (Å²) in [5.74, 6) is -0.381. The maximum Gasteiger partial charge on any atom is 0.131 e. The topological polar surface area (TPSA) is 32.3 Å². The molecular formula is C9H12FNO. The van der Waals surface area contributed by atoms with E-state index in [0.717, 1.165) is 0 Å². The lowest BCUT2D eigenvalue weighted by atomic mass is 10.1. The number of halogens is 1. The highest BCUT2D eigenvalue weighted by molar-refractivity contribution is 5.35. The molecule has 0 saturated carbocycles. The summed E-state index contributed by atoms with van der Waals surface area (Å²) in [5, 5.41) is 12.2.